The van der Waals surface area contributed by atoms with E-state index in [4.69, 9.17) is 14.2 Å². The maximum absolute atomic E-state index is 12.9. The van der Waals surface area contributed by atoms with E-state index in [9.17, 15) is 14.4 Å². The SMILES string of the molecule is CC/C=C\C/C=C\C/C=C\C/C=C\C/C=C\CCCCCC(=O)OCC(COC(=O)CCCCCCCC/C=C\C/C=C\C/C=C\CCCCCCC)OC(=O)CCCCCCCCCCC/C=C\CCCCCCCCCC. The summed E-state index contributed by atoms with van der Waals surface area (Å²) in [5.74, 6) is -0.934. The molecule has 0 saturated heterocycles. The maximum atomic E-state index is 12.9. The Morgan fingerprint density at radius 2 is 0.494 bits per heavy atom. The zero-order chi connectivity index (χ0) is 57.1. The smallest absolute Gasteiger partial charge is 0.306 e. The van der Waals surface area contributed by atoms with Crippen molar-refractivity contribution in [2.75, 3.05) is 13.2 Å². The third-order valence-electron chi connectivity index (χ3n) is 14.2. The van der Waals surface area contributed by atoms with E-state index >= 15 is 0 Å². The van der Waals surface area contributed by atoms with Crippen molar-refractivity contribution < 1.29 is 28.6 Å². The molecule has 1 unspecified atom stereocenters. The third kappa shape index (κ3) is 64.8. The molecular weight excluding hydrogens is 973 g/mol. The van der Waals surface area contributed by atoms with Gasteiger partial charge in [0.15, 0.2) is 6.10 Å². The van der Waals surface area contributed by atoms with Crippen LogP contribution in [-0.4, -0.2) is 37.2 Å². The summed E-state index contributed by atoms with van der Waals surface area (Å²) in [6.45, 7) is 6.50. The minimum Gasteiger partial charge on any atom is -0.462 e. The molecule has 0 saturated carbocycles. The molecule has 0 rings (SSSR count). The summed E-state index contributed by atoms with van der Waals surface area (Å²) in [4.78, 5) is 38.4. The van der Waals surface area contributed by atoms with E-state index < -0.39 is 6.10 Å². The van der Waals surface area contributed by atoms with E-state index in [1.807, 2.05) is 0 Å². The van der Waals surface area contributed by atoms with Crippen LogP contribution in [0.4, 0.5) is 0 Å². The predicted molar refractivity (Wildman–Crippen MR) is 343 cm³/mol. The first-order chi connectivity index (χ1) is 39.0. The van der Waals surface area contributed by atoms with E-state index in [0.29, 0.717) is 19.3 Å². The highest BCUT2D eigenvalue weighted by Gasteiger charge is 2.19. The van der Waals surface area contributed by atoms with E-state index in [0.717, 1.165) is 116 Å². The van der Waals surface area contributed by atoms with Gasteiger partial charge in [0.25, 0.3) is 0 Å². The lowest BCUT2D eigenvalue weighted by molar-refractivity contribution is -0.167. The van der Waals surface area contributed by atoms with Gasteiger partial charge in [0.1, 0.15) is 13.2 Å². The normalized spacial score (nSPS) is 12.8. The molecule has 0 aromatic rings. The third-order valence-corrected chi connectivity index (χ3v) is 14.2. The molecule has 0 fully saturated rings. The molecule has 0 aromatic carbocycles. The first kappa shape index (κ1) is 75.1. The Labute approximate surface area is 489 Å². The van der Waals surface area contributed by atoms with Crippen LogP contribution in [0.3, 0.4) is 0 Å². The summed E-state index contributed by atoms with van der Waals surface area (Å²) in [7, 11) is 0. The fourth-order valence-electron chi connectivity index (χ4n) is 9.24. The van der Waals surface area contributed by atoms with Gasteiger partial charge in [0.05, 0.1) is 0 Å². The van der Waals surface area contributed by atoms with Crippen molar-refractivity contribution in [1.82, 2.24) is 0 Å². The average molecular weight is 1100 g/mol. The Bertz CT molecular complexity index is 1590. The zero-order valence-corrected chi connectivity index (χ0v) is 51.9. The van der Waals surface area contributed by atoms with Crippen LogP contribution in [0.1, 0.15) is 316 Å². The monoisotopic (exact) mass is 1100 g/mol. The number of allylic oxidation sites excluding steroid dienone is 18. The van der Waals surface area contributed by atoms with Gasteiger partial charge in [-0.15, -0.1) is 0 Å². The van der Waals surface area contributed by atoms with Crippen LogP contribution in [0.5, 0.6) is 0 Å². The van der Waals surface area contributed by atoms with Crippen LogP contribution in [0, 0.1) is 0 Å². The van der Waals surface area contributed by atoms with Crippen molar-refractivity contribution in [2.24, 2.45) is 0 Å². The number of hydrogen-bond acceptors (Lipinski definition) is 6. The quantitative estimate of drug-likeness (QED) is 0.0261. The summed E-state index contributed by atoms with van der Waals surface area (Å²) in [5.41, 5.74) is 0. The van der Waals surface area contributed by atoms with Crippen molar-refractivity contribution >= 4 is 17.9 Å². The zero-order valence-electron chi connectivity index (χ0n) is 51.9. The summed E-state index contributed by atoms with van der Waals surface area (Å²) in [6, 6.07) is 0. The van der Waals surface area contributed by atoms with Crippen molar-refractivity contribution in [3.05, 3.63) is 109 Å². The van der Waals surface area contributed by atoms with E-state index in [1.54, 1.807) is 0 Å². The largest absolute Gasteiger partial charge is 0.462 e. The van der Waals surface area contributed by atoms with Crippen molar-refractivity contribution in [3.63, 3.8) is 0 Å². The van der Waals surface area contributed by atoms with Crippen LogP contribution in [-0.2, 0) is 28.6 Å². The molecule has 0 heterocycles. The predicted octanol–water partition coefficient (Wildman–Crippen LogP) is 23.0. The summed E-state index contributed by atoms with van der Waals surface area (Å²) in [6.07, 6.45) is 90.9. The summed E-state index contributed by atoms with van der Waals surface area (Å²) >= 11 is 0. The fraction of sp³-hybridized carbons (Fsp3) is 0.712. The number of carbonyl (C=O) groups excluding carboxylic acids is 3. The average Bonchev–Trinajstić information content (AvgIpc) is 3.45. The molecule has 79 heavy (non-hydrogen) atoms. The lowest BCUT2D eigenvalue weighted by Crippen LogP contribution is -2.30. The second-order valence-electron chi connectivity index (χ2n) is 22.0. The van der Waals surface area contributed by atoms with E-state index in [2.05, 4.69) is 130 Å². The Morgan fingerprint density at radius 1 is 0.266 bits per heavy atom. The molecule has 6 nitrogen and oxygen atoms in total. The number of hydrogen-bond donors (Lipinski definition) is 0. The number of esters is 3. The standard InChI is InChI=1S/C73H124O6/c1-4-7-10-13-16-19-22-25-28-31-34-36-39-42-45-48-51-54-57-60-63-66-72(75)78-69-70(68-77-71(74)65-62-59-56-53-50-47-44-41-38-33-30-27-24-21-18-15-12-9-6-3)79-73(76)67-64-61-58-55-52-49-46-43-40-37-35-32-29-26-23-20-17-14-11-8-5-2/h9,12,18,21-22,25,27,30-32,34-35,38-39,41-42,47,50,70H,4-8,10-11,13-17,19-20,23-24,26,28-29,33,36-37,40,43-46,48-49,51-69H2,1-3H3/b12-9-,21-18-,25-22-,30-27-,34-31-,35-32-,41-38-,42-39-,50-47-. The topological polar surface area (TPSA) is 78.9 Å². The minimum absolute atomic E-state index is 0.0969. The molecule has 0 N–H and O–H groups in total. The Hall–Kier alpha value is -3.93. The van der Waals surface area contributed by atoms with Gasteiger partial charge in [0, 0.05) is 19.3 Å². The Balaban J connectivity index is 4.47. The fourth-order valence-corrected chi connectivity index (χ4v) is 9.24. The van der Waals surface area contributed by atoms with Gasteiger partial charge < -0.3 is 14.2 Å². The second-order valence-corrected chi connectivity index (χ2v) is 22.0. The molecule has 0 spiro atoms. The molecule has 1 atom stereocenters. The van der Waals surface area contributed by atoms with Crippen molar-refractivity contribution in [1.29, 1.82) is 0 Å². The first-order valence-electron chi connectivity index (χ1n) is 33.4. The molecule has 0 aliphatic rings. The van der Waals surface area contributed by atoms with Crippen molar-refractivity contribution in [3.8, 4) is 0 Å². The molecule has 0 amide bonds. The number of carbonyl (C=O) groups is 3. The molecule has 0 radical (unpaired) electrons. The van der Waals surface area contributed by atoms with Gasteiger partial charge in [0.2, 0.25) is 0 Å². The highest BCUT2D eigenvalue weighted by atomic mass is 16.6. The molecule has 0 aliphatic carbocycles. The van der Waals surface area contributed by atoms with Crippen LogP contribution < -0.4 is 0 Å². The highest BCUT2D eigenvalue weighted by Crippen LogP contribution is 2.16. The van der Waals surface area contributed by atoms with Crippen LogP contribution >= 0.6 is 0 Å². The van der Waals surface area contributed by atoms with Gasteiger partial charge in [-0.3, -0.25) is 14.4 Å². The molecule has 0 aliphatic heterocycles. The maximum Gasteiger partial charge on any atom is 0.306 e. The molecule has 6 heteroatoms. The lowest BCUT2D eigenvalue weighted by atomic mass is 10.1. The Morgan fingerprint density at radius 3 is 0.797 bits per heavy atom. The van der Waals surface area contributed by atoms with Gasteiger partial charge in [-0.25, -0.2) is 0 Å². The minimum atomic E-state index is -0.803. The molecule has 452 valence electrons. The van der Waals surface area contributed by atoms with E-state index in [-0.39, 0.29) is 31.1 Å². The lowest BCUT2D eigenvalue weighted by Gasteiger charge is -2.18. The van der Waals surface area contributed by atoms with E-state index in [1.165, 1.54) is 161 Å². The van der Waals surface area contributed by atoms with Crippen LogP contribution in [0.15, 0.2) is 109 Å². The van der Waals surface area contributed by atoms with Gasteiger partial charge in [-0.2, -0.15) is 0 Å². The van der Waals surface area contributed by atoms with Crippen LogP contribution in [0.2, 0.25) is 0 Å². The number of unbranched alkanes of at least 4 members (excludes halogenated alkanes) is 31. The van der Waals surface area contributed by atoms with Crippen molar-refractivity contribution in [2.45, 2.75) is 322 Å². The summed E-state index contributed by atoms with van der Waals surface area (Å²) in [5, 5.41) is 0. The summed E-state index contributed by atoms with van der Waals surface area (Å²) < 4.78 is 16.9. The highest BCUT2D eigenvalue weighted by molar-refractivity contribution is 5.71. The molecular formula is C73H124O6. The van der Waals surface area contributed by atoms with Gasteiger partial charge in [-0.05, 0) is 128 Å². The molecule has 0 bridgehead atoms. The number of rotatable bonds is 60. The number of ether oxygens (including phenoxy) is 3. The Kier molecular flexibility index (Phi) is 63.3. The molecule has 0 aromatic heterocycles. The van der Waals surface area contributed by atoms with Crippen LogP contribution in [0.25, 0.3) is 0 Å². The first-order valence-corrected chi connectivity index (χ1v) is 33.4. The second kappa shape index (κ2) is 66.6. The van der Waals surface area contributed by atoms with Gasteiger partial charge >= 0.3 is 17.9 Å². The van der Waals surface area contributed by atoms with Gasteiger partial charge in [-0.1, -0.05) is 278 Å².